The fourth-order valence-corrected chi connectivity index (χ4v) is 3.05. The van der Waals surface area contributed by atoms with Crippen LogP contribution in [0.4, 0.5) is 5.82 Å². The van der Waals surface area contributed by atoms with Crippen LogP contribution in [0.5, 0.6) is 0 Å². The Hall–Kier alpha value is -1.89. The van der Waals surface area contributed by atoms with E-state index >= 15 is 0 Å². The Morgan fingerprint density at radius 1 is 1.25 bits per heavy atom. The van der Waals surface area contributed by atoms with E-state index in [1.165, 1.54) is 0 Å². The van der Waals surface area contributed by atoms with Gasteiger partial charge in [0, 0.05) is 31.7 Å². The lowest BCUT2D eigenvalue weighted by Gasteiger charge is -2.18. The first-order chi connectivity index (χ1) is 9.81. The molecule has 3 aromatic rings. The molecule has 0 amide bonds. The lowest BCUT2D eigenvalue weighted by molar-refractivity contribution is 0.494. The number of halogens is 1. The van der Waals surface area contributed by atoms with Gasteiger partial charge in [-0.3, -0.25) is 4.68 Å². The number of hydrogen-bond acceptors (Lipinski definition) is 4. The van der Waals surface area contributed by atoms with Crippen LogP contribution in [0.3, 0.4) is 0 Å². The molecule has 0 aliphatic carbocycles. The predicted molar refractivity (Wildman–Crippen MR) is 78.8 cm³/mol. The summed E-state index contributed by atoms with van der Waals surface area (Å²) < 4.78 is 4.91. The zero-order valence-electron chi connectivity index (χ0n) is 10.7. The maximum atomic E-state index is 4.52. The summed E-state index contributed by atoms with van der Waals surface area (Å²) in [5.41, 5.74) is 1.05. The third-order valence-electron chi connectivity index (χ3n) is 3.71. The van der Waals surface area contributed by atoms with Crippen LogP contribution in [-0.2, 0) is 0 Å². The van der Waals surface area contributed by atoms with Crippen molar-refractivity contribution in [2.75, 3.05) is 18.0 Å². The molecule has 1 atom stereocenters. The summed E-state index contributed by atoms with van der Waals surface area (Å²) in [7, 11) is 0. The van der Waals surface area contributed by atoms with Crippen molar-refractivity contribution < 1.29 is 0 Å². The van der Waals surface area contributed by atoms with Crippen LogP contribution in [0.2, 0.25) is 0 Å². The molecule has 0 N–H and O–H groups in total. The Balaban J connectivity index is 1.63. The summed E-state index contributed by atoms with van der Waals surface area (Å²) in [5.74, 6) is 0.999. The molecule has 1 aliphatic heterocycles. The predicted octanol–water partition coefficient (Wildman–Crippen LogP) is 2.14. The fraction of sp³-hybridized carbons (Fsp3) is 0.308. The molecule has 0 bridgehead atoms. The van der Waals surface area contributed by atoms with Crippen LogP contribution in [0, 0.1) is 0 Å². The van der Waals surface area contributed by atoms with Gasteiger partial charge in [0.25, 0.3) is 0 Å². The van der Waals surface area contributed by atoms with Crippen molar-refractivity contribution in [3.63, 3.8) is 0 Å². The van der Waals surface area contributed by atoms with Crippen molar-refractivity contribution >= 4 is 27.3 Å². The molecule has 6 nitrogen and oxygen atoms in total. The standard InChI is InChI=1S/C13H13BrN6/c14-10-7-17-20(8-10)11-2-5-18(9-11)13-12-1-3-16-19(12)6-4-15-13/h1,3-4,6-8,11H,2,5,9H2. The van der Waals surface area contributed by atoms with Crippen molar-refractivity contribution in [1.29, 1.82) is 0 Å². The Bertz CT molecular complexity index is 748. The van der Waals surface area contributed by atoms with Crippen molar-refractivity contribution in [3.05, 3.63) is 41.5 Å². The minimum atomic E-state index is 0.395. The number of aromatic nitrogens is 5. The molecule has 102 valence electrons. The van der Waals surface area contributed by atoms with Crippen molar-refractivity contribution in [3.8, 4) is 0 Å². The summed E-state index contributed by atoms with van der Waals surface area (Å²) >= 11 is 3.45. The van der Waals surface area contributed by atoms with E-state index in [-0.39, 0.29) is 0 Å². The molecule has 4 rings (SSSR count). The first-order valence-corrected chi connectivity index (χ1v) is 7.33. The maximum absolute atomic E-state index is 4.52. The summed E-state index contributed by atoms with van der Waals surface area (Å²) in [4.78, 5) is 6.82. The van der Waals surface area contributed by atoms with E-state index < -0.39 is 0 Å². The van der Waals surface area contributed by atoms with Crippen LogP contribution >= 0.6 is 15.9 Å². The van der Waals surface area contributed by atoms with Crippen molar-refractivity contribution in [2.45, 2.75) is 12.5 Å². The molecule has 3 aromatic heterocycles. The zero-order chi connectivity index (χ0) is 13.5. The number of rotatable bonds is 2. The largest absolute Gasteiger partial charge is 0.353 e. The van der Waals surface area contributed by atoms with Crippen LogP contribution in [0.15, 0.2) is 41.5 Å². The van der Waals surface area contributed by atoms with E-state index in [9.17, 15) is 0 Å². The van der Waals surface area contributed by atoms with Crippen LogP contribution < -0.4 is 4.90 Å². The van der Waals surface area contributed by atoms with E-state index in [0.717, 1.165) is 35.3 Å². The van der Waals surface area contributed by atoms with Gasteiger partial charge in [0.15, 0.2) is 5.82 Å². The zero-order valence-corrected chi connectivity index (χ0v) is 12.3. The summed E-state index contributed by atoms with van der Waals surface area (Å²) in [5, 5.41) is 8.64. The minimum absolute atomic E-state index is 0.395. The second-order valence-corrected chi connectivity index (χ2v) is 5.85. The molecule has 4 heterocycles. The van der Waals surface area contributed by atoms with Gasteiger partial charge in [0.2, 0.25) is 0 Å². The highest BCUT2D eigenvalue weighted by Crippen LogP contribution is 2.28. The van der Waals surface area contributed by atoms with Gasteiger partial charge in [-0.2, -0.15) is 10.2 Å². The molecule has 0 radical (unpaired) electrons. The summed E-state index contributed by atoms with van der Waals surface area (Å²) in [6.45, 7) is 1.91. The Morgan fingerprint density at radius 3 is 3.05 bits per heavy atom. The molecular weight excluding hydrogens is 320 g/mol. The van der Waals surface area contributed by atoms with E-state index in [0.29, 0.717) is 6.04 Å². The second-order valence-electron chi connectivity index (χ2n) is 4.94. The third-order valence-corrected chi connectivity index (χ3v) is 4.12. The average Bonchev–Trinajstić information content (AvgIpc) is 3.17. The second kappa shape index (κ2) is 4.59. The van der Waals surface area contributed by atoms with E-state index in [2.05, 4.69) is 36.0 Å². The lowest BCUT2D eigenvalue weighted by atomic mass is 10.3. The normalized spacial score (nSPS) is 19.1. The molecule has 1 fully saturated rings. The van der Waals surface area contributed by atoms with Crippen LogP contribution in [0.1, 0.15) is 12.5 Å². The Labute approximate surface area is 124 Å². The Kier molecular flexibility index (Phi) is 2.73. The van der Waals surface area contributed by atoms with Gasteiger partial charge in [-0.25, -0.2) is 9.50 Å². The van der Waals surface area contributed by atoms with Crippen LogP contribution in [0.25, 0.3) is 5.52 Å². The number of hydrogen-bond donors (Lipinski definition) is 0. The smallest absolute Gasteiger partial charge is 0.154 e. The average molecular weight is 333 g/mol. The quantitative estimate of drug-likeness (QED) is 0.721. The SMILES string of the molecule is Brc1cnn(C2CCN(c3nccn4nccc34)C2)c1. The number of nitrogens with zero attached hydrogens (tertiary/aromatic N) is 6. The highest BCUT2D eigenvalue weighted by atomic mass is 79.9. The molecule has 0 spiro atoms. The van der Waals surface area contributed by atoms with Gasteiger partial charge >= 0.3 is 0 Å². The highest BCUT2D eigenvalue weighted by molar-refractivity contribution is 9.10. The topological polar surface area (TPSA) is 51.2 Å². The van der Waals surface area contributed by atoms with E-state index in [4.69, 9.17) is 0 Å². The summed E-state index contributed by atoms with van der Waals surface area (Å²) in [6, 6.07) is 2.39. The molecule has 1 aliphatic rings. The van der Waals surface area contributed by atoms with Crippen molar-refractivity contribution in [2.24, 2.45) is 0 Å². The monoisotopic (exact) mass is 332 g/mol. The van der Waals surface area contributed by atoms with Gasteiger partial charge in [-0.15, -0.1) is 0 Å². The molecule has 0 aromatic carbocycles. The number of anilines is 1. The first-order valence-electron chi connectivity index (χ1n) is 6.54. The molecule has 7 heteroatoms. The molecule has 1 unspecified atom stereocenters. The molecular formula is C13H13BrN6. The van der Waals surface area contributed by atoms with E-state index in [1.807, 2.05) is 33.9 Å². The third kappa shape index (κ3) is 1.89. The van der Waals surface area contributed by atoms with E-state index in [1.54, 1.807) is 12.4 Å². The van der Waals surface area contributed by atoms with Gasteiger partial charge in [0.1, 0.15) is 5.52 Å². The lowest BCUT2D eigenvalue weighted by Crippen LogP contribution is -2.22. The molecule has 0 saturated carbocycles. The van der Waals surface area contributed by atoms with Gasteiger partial charge in [0.05, 0.1) is 22.9 Å². The Morgan fingerprint density at radius 2 is 2.20 bits per heavy atom. The minimum Gasteiger partial charge on any atom is -0.353 e. The van der Waals surface area contributed by atoms with Gasteiger partial charge < -0.3 is 4.90 Å². The highest BCUT2D eigenvalue weighted by Gasteiger charge is 2.26. The maximum Gasteiger partial charge on any atom is 0.154 e. The first kappa shape index (κ1) is 11.9. The van der Waals surface area contributed by atoms with Crippen molar-refractivity contribution in [1.82, 2.24) is 24.4 Å². The molecule has 20 heavy (non-hydrogen) atoms. The van der Waals surface area contributed by atoms with Gasteiger partial charge in [-0.1, -0.05) is 0 Å². The number of fused-ring (bicyclic) bond motifs is 1. The fourth-order valence-electron chi connectivity index (χ4n) is 2.75. The summed E-state index contributed by atoms with van der Waals surface area (Å²) in [6.07, 6.45) is 10.4. The van der Waals surface area contributed by atoms with Gasteiger partial charge in [-0.05, 0) is 28.4 Å². The van der Waals surface area contributed by atoms with Crippen LogP contribution in [-0.4, -0.2) is 37.5 Å². The molecule has 1 saturated heterocycles.